The number of phosphoric ester groups is 1. The second-order valence-corrected chi connectivity index (χ2v) is 16.3. The molecule has 0 amide bonds. The zero-order valence-electron chi connectivity index (χ0n) is 34.6. The molecule has 10 nitrogen and oxygen atoms in total. The van der Waals surface area contributed by atoms with Gasteiger partial charge in [0, 0.05) is 13.0 Å². The van der Waals surface area contributed by atoms with Crippen LogP contribution in [0.4, 0.5) is 0 Å². The molecule has 54 heavy (non-hydrogen) atoms. The van der Waals surface area contributed by atoms with E-state index in [9.17, 15) is 19.0 Å². The van der Waals surface area contributed by atoms with E-state index in [1.54, 1.807) is 0 Å². The number of hydrogen-bond acceptors (Lipinski definition) is 8. The van der Waals surface area contributed by atoms with E-state index >= 15 is 0 Å². The summed E-state index contributed by atoms with van der Waals surface area (Å²) in [7, 11) is -4.60. The lowest BCUT2D eigenvalue weighted by Crippen LogP contribution is -2.34. The highest BCUT2D eigenvalue weighted by Crippen LogP contribution is 2.43. The van der Waals surface area contributed by atoms with Gasteiger partial charge in [-0.15, -0.1) is 0 Å². The molecule has 0 heterocycles. The second-order valence-electron chi connectivity index (χ2n) is 14.8. The van der Waals surface area contributed by atoms with Gasteiger partial charge < -0.3 is 25.2 Å². The predicted molar refractivity (Wildman–Crippen MR) is 222 cm³/mol. The number of nitrogens with two attached hydrogens (primary N) is 1. The van der Waals surface area contributed by atoms with Gasteiger partial charge in [0.15, 0.2) is 0 Å². The van der Waals surface area contributed by atoms with Crippen molar-refractivity contribution in [1.29, 1.82) is 0 Å². The Balaban J connectivity index is 4.02. The fourth-order valence-electron chi connectivity index (χ4n) is 6.05. The van der Waals surface area contributed by atoms with Crippen molar-refractivity contribution in [1.82, 2.24) is 0 Å². The van der Waals surface area contributed by atoms with Crippen LogP contribution in [-0.2, 0) is 32.7 Å². The smallest absolute Gasteiger partial charge is 0.472 e. The van der Waals surface area contributed by atoms with Crippen molar-refractivity contribution >= 4 is 19.8 Å². The Morgan fingerprint density at radius 2 is 1.02 bits per heavy atom. The van der Waals surface area contributed by atoms with E-state index in [0.29, 0.717) is 13.0 Å². The number of carbonyl (C=O) groups is 2. The van der Waals surface area contributed by atoms with Crippen molar-refractivity contribution in [3.05, 3.63) is 24.3 Å². The molecule has 0 aliphatic rings. The van der Waals surface area contributed by atoms with Crippen LogP contribution in [0, 0.1) is 0 Å². The van der Waals surface area contributed by atoms with Crippen LogP contribution in [0.2, 0.25) is 0 Å². The molecule has 0 saturated heterocycles. The van der Waals surface area contributed by atoms with E-state index in [1.807, 2.05) is 0 Å². The van der Waals surface area contributed by atoms with Crippen LogP contribution in [0.5, 0.6) is 0 Å². The molecule has 11 heteroatoms. The van der Waals surface area contributed by atoms with Gasteiger partial charge in [-0.25, -0.2) is 4.57 Å². The van der Waals surface area contributed by atoms with E-state index in [1.165, 1.54) is 128 Å². The summed E-state index contributed by atoms with van der Waals surface area (Å²) in [5.74, 6) is -1.78. The molecule has 0 aromatic rings. The first-order chi connectivity index (χ1) is 26.2. The first-order valence-corrected chi connectivity index (χ1v) is 23.4. The molecular formula is C43H82NO9P. The molecular weight excluding hydrogens is 705 g/mol. The summed E-state index contributed by atoms with van der Waals surface area (Å²) in [5, 5.41) is 8.87. The molecule has 0 aliphatic heterocycles. The molecule has 0 aromatic heterocycles. The Morgan fingerprint density at radius 1 is 0.593 bits per heavy atom. The Hall–Kier alpha value is -1.55. The lowest BCUT2D eigenvalue weighted by atomic mass is 10.0. The molecule has 0 saturated carbocycles. The van der Waals surface area contributed by atoms with Crippen molar-refractivity contribution in [2.75, 3.05) is 26.4 Å². The SMILES string of the molecule is CCCCCCC/C=C\C/C=C\CCCCCCCCCCCCCCOCC(COP(=O)(O)OCC(N)C(=O)O)OC(=O)CCCCCCCCCC. The molecule has 3 atom stereocenters. The summed E-state index contributed by atoms with van der Waals surface area (Å²) in [5.41, 5.74) is 5.34. The number of hydrogen-bond donors (Lipinski definition) is 3. The van der Waals surface area contributed by atoms with Crippen molar-refractivity contribution in [3.8, 4) is 0 Å². The topological polar surface area (TPSA) is 155 Å². The summed E-state index contributed by atoms with van der Waals surface area (Å²) in [6.45, 7) is 3.84. The number of esters is 1. The molecule has 0 rings (SSSR count). The van der Waals surface area contributed by atoms with Crippen molar-refractivity contribution in [3.63, 3.8) is 0 Å². The third-order valence-electron chi connectivity index (χ3n) is 9.48. The second kappa shape index (κ2) is 39.7. The number of carboxylic acids is 1. The van der Waals surface area contributed by atoms with Gasteiger partial charge in [0.2, 0.25) is 0 Å². The van der Waals surface area contributed by atoms with Gasteiger partial charge in [-0.3, -0.25) is 18.6 Å². The normalized spacial score (nSPS) is 14.1. The molecule has 0 aromatic carbocycles. The minimum absolute atomic E-state index is 0.0193. The lowest BCUT2D eigenvalue weighted by Gasteiger charge is -2.20. The molecule has 0 aliphatic carbocycles. The maximum Gasteiger partial charge on any atom is 0.472 e. The summed E-state index contributed by atoms with van der Waals surface area (Å²) < 4.78 is 33.2. The Morgan fingerprint density at radius 3 is 1.50 bits per heavy atom. The largest absolute Gasteiger partial charge is 0.480 e. The van der Waals surface area contributed by atoms with Crippen molar-refractivity contribution in [2.45, 2.75) is 212 Å². The van der Waals surface area contributed by atoms with Gasteiger partial charge >= 0.3 is 19.8 Å². The quantitative estimate of drug-likeness (QED) is 0.0236. The Bertz CT molecular complexity index is 961. The maximum atomic E-state index is 12.5. The summed E-state index contributed by atoms with van der Waals surface area (Å²) >= 11 is 0. The van der Waals surface area contributed by atoms with Crippen LogP contribution >= 0.6 is 7.82 Å². The highest BCUT2D eigenvalue weighted by atomic mass is 31.2. The monoisotopic (exact) mass is 788 g/mol. The number of aliphatic carboxylic acids is 1. The van der Waals surface area contributed by atoms with Crippen LogP contribution in [-0.4, -0.2) is 60.5 Å². The Kier molecular flexibility index (Phi) is 38.5. The third kappa shape index (κ3) is 38.7. The van der Waals surface area contributed by atoms with Crippen molar-refractivity contribution in [2.24, 2.45) is 5.73 Å². The average Bonchev–Trinajstić information content (AvgIpc) is 3.15. The number of carbonyl (C=O) groups excluding carboxylic acids is 1. The zero-order valence-corrected chi connectivity index (χ0v) is 35.5. The third-order valence-corrected chi connectivity index (χ3v) is 10.4. The minimum Gasteiger partial charge on any atom is -0.480 e. The van der Waals surface area contributed by atoms with E-state index in [0.717, 1.165) is 44.9 Å². The van der Waals surface area contributed by atoms with Gasteiger partial charge in [-0.05, 0) is 44.9 Å². The molecule has 4 N–H and O–H groups in total. The number of carboxylic acid groups (broad SMARTS) is 1. The first kappa shape index (κ1) is 52.5. The summed E-state index contributed by atoms with van der Waals surface area (Å²) in [4.78, 5) is 33.3. The lowest BCUT2D eigenvalue weighted by molar-refractivity contribution is -0.154. The van der Waals surface area contributed by atoms with E-state index in [4.69, 9.17) is 29.4 Å². The first-order valence-electron chi connectivity index (χ1n) is 21.9. The zero-order chi connectivity index (χ0) is 39.8. The molecule has 318 valence electrons. The average molecular weight is 788 g/mol. The number of rotatable bonds is 42. The highest BCUT2D eigenvalue weighted by Gasteiger charge is 2.27. The van der Waals surface area contributed by atoms with Gasteiger partial charge in [0.05, 0.1) is 19.8 Å². The van der Waals surface area contributed by atoms with Gasteiger partial charge in [-0.1, -0.05) is 173 Å². The van der Waals surface area contributed by atoms with Crippen LogP contribution in [0.25, 0.3) is 0 Å². The Labute approximate surface area is 330 Å². The number of allylic oxidation sites excluding steroid dienone is 4. The van der Waals surface area contributed by atoms with Crippen LogP contribution in [0.1, 0.15) is 200 Å². The van der Waals surface area contributed by atoms with Crippen molar-refractivity contribution < 1.29 is 42.7 Å². The fraction of sp³-hybridized carbons (Fsp3) is 0.860. The molecule has 0 spiro atoms. The summed E-state index contributed by atoms with van der Waals surface area (Å²) in [6.07, 6.45) is 42.6. The van der Waals surface area contributed by atoms with E-state index < -0.39 is 45.1 Å². The molecule has 0 bridgehead atoms. The molecule has 3 unspecified atom stereocenters. The fourth-order valence-corrected chi connectivity index (χ4v) is 6.82. The summed E-state index contributed by atoms with van der Waals surface area (Å²) in [6, 6.07) is -1.47. The highest BCUT2D eigenvalue weighted by molar-refractivity contribution is 7.47. The number of unbranched alkanes of at least 4 members (excludes halogenated alkanes) is 24. The van der Waals surface area contributed by atoms with Gasteiger partial charge in [0.1, 0.15) is 12.1 Å². The van der Waals surface area contributed by atoms with Crippen LogP contribution in [0.15, 0.2) is 24.3 Å². The maximum absolute atomic E-state index is 12.5. The minimum atomic E-state index is -4.60. The predicted octanol–water partition coefficient (Wildman–Crippen LogP) is 11.9. The standard InChI is InChI=1S/C43H82NO9P/c1-3-5-7-9-11-13-14-15-16-17-18-19-20-21-22-23-24-25-26-27-28-30-32-34-36-50-37-40(38-51-54(48,49)52-39-41(44)43(46)47)53-42(45)35-33-31-29-12-10-8-6-4-2/h14-15,17-18,40-41H,3-13,16,19-39,44H2,1-2H3,(H,46,47)(H,48,49)/b15-14-,18-17-. The molecule has 0 radical (unpaired) electrons. The number of phosphoric acid groups is 1. The number of ether oxygens (including phenoxy) is 2. The van der Waals surface area contributed by atoms with Gasteiger partial charge in [-0.2, -0.15) is 0 Å². The van der Waals surface area contributed by atoms with Crippen LogP contribution in [0.3, 0.4) is 0 Å². The van der Waals surface area contributed by atoms with Crippen LogP contribution < -0.4 is 5.73 Å². The van der Waals surface area contributed by atoms with E-state index in [-0.39, 0.29) is 13.0 Å². The molecule has 0 fully saturated rings. The van der Waals surface area contributed by atoms with E-state index in [2.05, 4.69) is 38.2 Å². The van der Waals surface area contributed by atoms with Gasteiger partial charge in [0.25, 0.3) is 0 Å².